The summed E-state index contributed by atoms with van der Waals surface area (Å²) in [5.41, 5.74) is 1.89. The van der Waals surface area contributed by atoms with E-state index in [1.165, 1.54) is 18.4 Å². The molecule has 2 aromatic heterocycles. The van der Waals surface area contributed by atoms with E-state index in [0.29, 0.717) is 35.4 Å². The summed E-state index contributed by atoms with van der Waals surface area (Å²) < 4.78 is 34.1. The molecule has 1 N–H and O–H groups in total. The first kappa shape index (κ1) is 17.2. The van der Waals surface area contributed by atoms with Crippen LogP contribution in [-0.4, -0.2) is 42.6 Å². The third-order valence-electron chi connectivity index (χ3n) is 3.94. The van der Waals surface area contributed by atoms with Crippen molar-refractivity contribution in [3.8, 4) is 0 Å². The van der Waals surface area contributed by atoms with Gasteiger partial charge in [-0.1, -0.05) is 6.07 Å². The molecule has 7 heteroatoms. The Morgan fingerprint density at radius 3 is 2.76 bits per heavy atom. The van der Waals surface area contributed by atoms with E-state index in [4.69, 9.17) is 4.42 Å². The number of rotatable bonds is 6. The molecule has 3 rings (SSSR count). The van der Waals surface area contributed by atoms with Crippen molar-refractivity contribution >= 4 is 17.0 Å². The topological polar surface area (TPSA) is 50.4 Å². The first-order valence-electron chi connectivity index (χ1n) is 7.89. The number of carbonyl (C=O) groups is 1. The zero-order chi connectivity index (χ0) is 18.0. The molecule has 0 aliphatic carbocycles. The zero-order valence-corrected chi connectivity index (χ0v) is 14.1. The Morgan fingerprint density at radius 1 is 1.24 bits per heavy atom. The van der Waals surface area contributed by atoms with Crippen molar-refractivity contribution < 1.29 is 18.0 Å². The van der Waals surface area contributed by atoms with Crippen LogP contribution in [-0.2, 0) is 6.54 Å². The monoisotopic (exact) mass is 347 g/mol. The smallest absolute Gasteiger partial charge is 0.268 e. The average molecular weight is 347 g/mol. The van der Waals surface area contributed by atoms with Gasteiger partial charge in [0.2, 0.25) is 0 Å². The molecular weight excluding hydrogens is 328 g/mol. The number of hydrogen-bond donors (Lipinski definition) is 1. The van der Waals surface area contributed by atoms with Crippen molar-refractivity contribution in [2.24, 2.45) is 0 Å². The molecule has 0 spiro atoms. The fourth-order valence-electron chi connectivity index (χ4n) is 2.64. The standard InChI is InChI=1S/C18H19F2N3O2/c1-22(2)7-6-21-18(24)16-10-17-15(5-8-25-17)23(16)11-12-3-4-13(19)9-14(12)20/h3-5,8-10H,6-7,11H2,1-2H3,(H,21,24). The van der Waals surface area contributed by atoms with Crippen LogP contribution in [0.15, 0.2) is 41.0 Å². The summed E-state index contributed by atoms with van der Waals surface area (Å²) in [6.07, 6.45) is 1.51. The number of carbonyl (C=O) groups excluding carboxylic acids is 1. The lowest BCUT2D eigenvalue weighted by atomic mass is 10.2. The molecule has 0 radical (unpaired) electrons. The first-order chi connectivity index (χ1) is 12.0. The number of likely N-dealkylation sites (N-methyl/N-ethyl adjacent to an activating group) is 1. The van der Waals surface area contributed by atoms with E-state index < -0.39 is 11.6 Å². The SMILES string of the molecule is CN(C)CCNC(=O)c1cc2occc2n1Cc1ccc(F)cc1F. The van der Waals surface area contributed by atoms with E-state index in [2.05, 4.69) is 5.32 Å². The fourth-order valence-corrected chi connectivity index (χ4v) is 2.64. The summed E-state index contributed by atoms with van der Waals surface area (Å²) in [6.45, 7) is 1.30. The quantitative estimate of drug-likeness (QED) is 0.746. The van der Waals surface area contributed by atoms with E-state index in [1.807, 2.05) is 19.0 Å². The number of fused-ring (bicyclic) bond motifs is 1. The van der Waals surface area contributed by atoms with Gasteiger partial charge in [-0.15, -0.1) is 0 Å². The maximum atomic E-state index is 14.0. The van der Waals surface area contributed by atoms with Crippen LogP contribution in [0.25, 0.3) is 11.1 Å². The second kappa shape index (κ2) is 7.06. The Balaban J connectivity index is 1.90. The molecule has 0 saturated carbocycles. The Kier molecular flexibility index (Phi) is 4.85. The van der Waals surface area contributed by atoms with Crippen LogP contribution in [0.4, 0.5) is 8.78 Å². The Morgan fingerprint density at radius 2 is 2.04 bits per heavy atom. The van der Waals surface area contributed by atoms with Gasteiger partial charge in [-0.2, -0.15) is 0 Å². The molecule has 25 heavy (non-hydrogen) atoms. The maximum Gasteiger partial charge on any atom is 0.268 e. The molecule has 0 atom stereocenters. The Labute approximate surface area is 143 Å². The predicted octanol–water partition coefficient (Wildman–Crippen LogP) is 2.85. The lowest BCUT2D eigenvalue weighted by molar-refractivity contribution is 0.0942. The second-order valence-electron chi connectivity index (χ2n) is 6.08. The molecule has 3 aromatic rings. The number of amides is 1. The summed E-state index contributed by atoms with van der Waals surface area (Å²) in [7, 11) is 3.83. The predicted molar refractivity (Wildman–Crippen MR) is 90.6 cm³/mol. The van der Waals surface area contributed by atoms with Crippen molar-refractivity contribution in [3.05, 3.63) is 59.5 Å². The normalized spacial score (nSPS) is 11.4. The highest BCUT2D eigenvalue weighted by Gasteiger charge is 2.18. The molecule has 0 bridgehead atoms. The molecule has 0 unspecified atom stereocenters. The maximum absolute atomic E-state index is 14.0. The van der Waals surface area contributed by atoms with Crippen LogP contribution in [0.3, 0.4) is 0 Å². The number of furan rings is 1. The van der Waals surface area contributed by atoms with Gasteiger partial charge in [0.05, 0.1) is 18.3 Å². The number of nitrogens with zero attached hydrogens (tertiary/aromatic N) is 2. The van der Waals surface area contributed by atoms with Crippen molar-refractivity contribution in [3.63, 3.8) is 0 Å². The molecule has 0 aliphatic rings. The minimum atomic E-state index is -0.649. The van der Waals surface area contributed by atoms with Gasteiger partial charge in [-0.05, 0) is 20.2 Å². The largest absolute Gasteiger partial charge is 0.463 e. The van der Waals surface area contributed by atoms with Crippen LogP contribution >= 0.6 is 0 Å². The summed E-state index contributed by atoms with van der Waals surface area (Å²) in [5, 5.41) is 2.83. The van der Waals surface area contributed by atoms with Crippen LogP contribution in [0.2, 0.25) is 0 Å². The van der Waals surface area contributed by atoms with E-state index in [0.717, 1.165) is 6.07 Å². The zero-order valence-electron chi connectivity index (χ0n) is 14.1. The van der Waals surface area contributed by atoms with E-state index in [1.54, 1.807) is 16.7 Å². The summed E-state index contributed by atoms with van der Waals surface area (Å²) in [6, 6.07) is 6.76. The van der Waals surface area contributed by atoms with Gasteiger partial charge in [-0.25, -0.2) is 8.78 Å². The Bertz CT molecular complexity index is 899. The second-order valence-corrected chi connectivity index (χ2v) is 6.08. The van der Waals surface area contributed by atoms with E-state index in [-0.39, 0.29) is 12.5 Å². The molecule has 132 valence electrons. The van der Waals surface area contributed by atoms with Gasteiger partial charge >= 0.3 is 0 Å². The van der Waals surface area contributed by atoms with Gasteiger partial charge in [0.1, 0.15) is 17.3 Å². The molecule has 0 aliphatic heterocycles. The number of nitrogens with one attached hydrogen (secondary N) is 1. The van der Waals surface area contributed by atoms with Gasteiger partial charge in [0.25, 0.3) is 5.91 Å². The minimum Gasteiger partial charge on any atom is -0.463 e. The molecule has 0 fully saturated rings. The first-order valence-corrected chi connectivity index (χ1v) is 7.89. The lowest BCUT2D eigenvalue weighted by Gasteiger charge is -2.13. The molecule has 0 saturated heterocycles. The number of aromatic nitrogens is 1. The molecular formula is C18H19F2N3O2. The lowest BCUT2D eigenvalue weighted by Crippen LogP contribution is -2.32. The highest BCUT2D eigenvalue weighted by molar-refractivity contribution is 5.97. The van der Waals surface area contributed by atoms with Crippen molar-refractivity contribution in [1.82, 2.24) is 14.8 Å². The molecule has 1 amide bonds. The summed E-state index contributed by atoms with van der Waals surface area (Å²) >= 11 is 0. The van der Waals surface area contributed by atoms with Crippen LogP contribution in [0, 0.1) is 11.6 Å². The third-order valence-corrected chi connectivity index (χ3v) is 3.94. The van der Waals surface area contributed by atoms with Crippen molar-refractivity contribution in [1.29, 1.82) is 0 Å². The van der Waals surface area contributed by atoms with Gasteiger partial charge < -0.3 is 19.2 Å². The van der Waals surface area contributed by atoms with Crippen molar-refractivity contribution in [2.75, 3.05) is 27.2 Å². The number of hydrogen-bond acceptors (Lipinski definition) is 3. The van der Waals surface area contributed by atoms with Gasteiger partial charge in [0, 0.05) is 36.9 Å². The van der Waals surface area contributed by atoms with Crippen LogP contribution in [0.5, 0.6) is 0 Å². The van der Waals surface area contributed by atoms with Crippen molar-refractivity contribution in [2.45, 2.75) is 6.54 Å². The van der Waals surface area contributed by atoms with E-state index in [9.17, 15) is 13.6 Å². The van der Waals surface area contributed by atoms with Gasteiger partial charge in [0.15, 0.2) is 5.58 Å². The van der Waals surface area contributed by atoms with Crippen LogP contribution < -0.4 is 5.32 Å². The molecule has 1 aromatic carbocycles. The number of benzene rings is 1. The molecule has 5 nitrogen and oxygen atoms in total. The van der Waals surface area contributed by atoms with E-state index >= 15 is 0 Å². The van der Waals surface area contributed by atoms with Crippen LogP contribution in [0.1, 0.15) is 16.1 Å². The summed E-state index contributed by atoms with van der Waals surface area (Å²) in [5.74, 6) is -1.55. The highest BCUT2D eigenvalue weighted by Crippen LogP contribution is 2.23. The highest BCUT2D eigenvalue weighted by atomic mass is 19.1. The minimum absolute atomic E-state index is 0.103. The summed E-state index contributed by atoms with van der Waals surface area (Å²) in [4.78, 5) is 14.5. The Hall–Kier alpha value is -2.67. The molecule has 2 heterocycles. The number of halogens is 2. The van der Waals surface area contributed by atoms with Gasteiger partial charge in [-0.3, -0.25) is 4.79 Å². The third kappa shape index (κ3) is 3.71. The average Bonchev–Trinajstić information content (AvgIpc) is 3.11. The fraction of sp³-hybridized carbons (Fsp3) is 0.278.